The highest BCUT2D eigenvalue weighted by Gasteiger charge is 2.53. The maximum absolute atomic E-state index is 12.2. The third kappa shape index (κ3) is 2.96. The number of rotatable bonds is 2. The number of carbonyl (C=O) groups is 2. The zero-order valence-corrected chi connectivity index (χ0v) is 12.3. The van der Waals surface area contributed by atoms with Crippen molar-refractivity contribution in [1.29, 1.82) is 0 Å². The highest BCUT2D eigenvalue weighted by atomic mass is 35.5. The van der Waals surface area contributed by atoms with Gasteiger partial charge in [-0.15, -0.1) is 0 Å². The molecule has 1 saturated carbocycles. The molecule has 108 valence electrons. The largest absolute Gasteiger partial charge is 0.448 e. The van der Waals surface area contributed by atoms with Gasteiger partial charge in [0, 0.05) is 6.04 Å². The number of amides is 1. The van der Waals surface area contributed by atoms with Crippen LogP contribution in [0, 0.1) is 5.92 Å². The molecule has 3 unspecified atom stereocenters. The molecule has 1 aliphatic heterocycles. The molecule has 0 aromatic rings. The van der Waals surface area contributed by atoms with Crippen LogP contribution in [-0.2, 0) is 14.3 Å². The van der Waals surface area contributed by atoms with Crippen molar-refractivity contribution in [3.05, 3.63) is 0 Å². The van der Waals surface area contributed by atoms with E-state index in [0.29, 0.717) is 0 Å². The van der Waals surface area contributed by atoms with Crippen LogP contribution < -0.4 is 0 Å². The molecule has 1 saturated heterocycles. The summed E-state index contributed by atoms with van der Waals surface area (Å²) in [5.41, 5.74) is -0.570. The first-order valence-electron chi connectivity index (χ1n) is 6.57. The van der Waals surface area contributed by atoms with E-state index in [1.54, 1.807) is 4.90 Å². The molecular formula is C13H20ClNO4. The third-order valence-electron chi connectivity index (χ3n) is 3.63. The van der Waals surface area contributed by atoms with Crippen molar-refractivity contribution < 1.29 is 19.1 Å². The zero-order chi connectivity index (χ0) is 14.2. The van der Waals surface area contributed by atoms with E-state index in [-0.39, 0.29) is 18.0 Å². The third-order valence-corrected chi connectivity index (χ3v) is 3.74. The van der Waals surface area contributed by atoms with Gasteiger partial charge in [0.25, 0.3) is 0 Å². The molecule has 1 aliphatic carbocycles. The fourth-order valence-electron chi connectivity index (χ4n) is 3.01. The van der Waals surface area contributed by atoms with Crippen molar-refractivity contribution in [3.63, 3.8) is 0 Å². The molecule has 0 spiro atoms. The van der Waals surface area contributed by atoms with E-state index in [1.165, 1.54) is 0 Å². The Kier molecular flexibility index (Phi) is 3.95. The summed E-state index contributed by atoms with van der Waals surface area (Å²) in [7, 11) is 0. The standard InChI is InChI=1S/C13H20ClNO4/c1-13(2,3)19-12(17)15-9-5-4-8(6-9)10(15)11(16)18-7-14/h8-10H,4-7H2,1-3H3. The van der Waals surface area contributed by atoms with Gasteiger partial charge in [-0.3, -0.25) is 4.90 Å². The Bertz CT molecular complexity index is 379. The monoisotopic (exact) mass is 289 g/mol. The number of hydrogen-bond acceptors (Lipinski definition) is 4. The zero-order valence-electron chi connectivity index (χ0n) is 11.5. The lowest BCUT2D eigenvalue weighted by atomic mass is 9.99. The fraction of sp³-hybridized carbons (Fsp3) is 0.846. The Labute approximate surface area is 118 Å². The molecule has 2 bridgehead atoms. The van der Waals surface area contributed by atoms with E-state index in [0.717, 1.165) is 19.3 Å². The summed E-state index contributed by atoms with van der Waals surface area (Å²) < 4.78 is 10.2. The van der Waals surface area contributed by atoms with Gasteiger partial charge in [0.15, 0.2) is 6.07 Å². The van der Waals surface area contributed by atoms with Crippen LogP contribution in [-0.4, -0.2) is 40.7 Å². The minimum absolute atomic E-state index is 0.0905. The molecule has 2 fully saturated rings. The summed E-state index contributed by atoms with van der Waals surface area (Å²) in [6, 6.07) is -0.630. The van der Waals surface area contributed by atoms with Gasteiger partial charge >= 0.3 is 12.1 Å². The van der Waals surface area contributed by atoms with Gasteiger partial charge in [0.2, 0.25) is 0 Å². The molecule has 1 amide bonds. The number of ether oxygens (including phenoxy) is 2. The summed E-state index contributed by atoms with van der Waals surface area (Å²) in [4.78, 5) is 25.7. The Morgan fingerprint density at radius 3 is 2.58 bits per heavy atom. The molecule has 5 nitrogen and oxygen atoms in total. The van der Waals surface area contributed by atoms with Crippen molar-refractivity contribution in [2.75, 3.05) is 6.07 Å². The molecule has 1 heterocycles. The maximum Gasteiger partial charge on any atom is 0.411 e. The average molecular weight is 290 g/mol. The molecule has 0 N–H and O–H groups in total. The molecule has 0 radical (unpaired) electrons. The van der Waals surface area contributed by atoms with E-state index in [9.17, 15) is 9.59 Å². The van der Waals surface area contributed by atoms with E-state index in [1.807, 2.05) is 20.8 Å². The molecule has 2 aliphatic rings. The Morgan fingerprint density at radius 2 is 2.00 bits per heavy atom. The van der Waals surface area contributed by atoms with Crippen LogP contribution in [0.3, 0.4) is 0 Å². The summed E-state index contributed by atoms with van der Waals surface area (Å²) >= 11 is 5.43. The van der Waals surface area contributed by atoms with Crippen LogP contribution in [0.4, 0.5) is 4.79 Å². The number of fused-ring (bicyclic) bond motifs is 2. The predicted molar refractivity (Wildman–Crippen MR) is 69.8 cm³/mol. The fourth-order valence-corrected chi connectivity index (χ4v) is 3.12. The summed E-state index contributed by atoms with van der Waals surface area (Å²) in [6.45, 7) is 5.43. The topological polar surface area (TPSA) is 55.8 Å². The summed E-state index contributed by atoms with van der Waals surface area (Å²) in [6.07, 6.45) is 2.29. The van der Waals surface area contributed by atoms with Crippen molar-refractivity contribution >= 4 is 23.7 Å². The molecule has 0 aromatic carbocycles. The average Bonchev–Trinajstić information content (AvgIpc) is 2.85. The highest BCUT2D eigenvalue weighted by molar-refractivity contribution is 6.17. The van der Waals surface area contributed by atoms with Crippen molar-refractivity contribution in [2.24, 2.45) is 5.92 Å². The number of likely N-dealkylation sites (tertiary alicyclic amines) is 1. The van der Waals surface area contributed by atoms with Crippen LogP contribution in [0.2, 0.25) is 0 Å². The van der Waals surface area contributed by atoms with Crippen molar-refractivity contribution in [2.45, 2.75) is 57.7 Å². The van der Waals surface area contributed by atoms with Crippen molar-refractivity contribution in [3.8, 4) is 0 Å². The molecule has 6 heteroatoms. The quantitative estimate of drug-likeness (QED) is 0.579. The second-order valence-electron chi connectivity index (χ2n) is 6.13. The number of hydrogen-bond donors (Lipinski definition) is 0. The predicted octanol–water partition coefficient (Wildman–Crippen LogP) is 2.51. The van der Waals surface area contributed by atoms with Crippen LogP contribution in [0.5, 0.6) is 0 Å². The summed E-state index contributed by atoms with van der Waals surface area (Å²) in [5, 5.41) is 0. The Morgan fingerprint density at radius 1 is 1.32 bits per heavy atom. The van der Waals surface area contributed by atoms with Crippen molar-refractivity contribution in [1.82, 2.24) is 4.90 Å². The number of carbonyl (C=O) groups excluding carboxylic acids is 2. The number of esters is 1. The normalized spacial score (nSPS) is 29.5. The summed E-state index contributed by atoms with van der Waals surface area (Å²) in [5.74, 6) is -0.249. The molecule has 0 aromatic heterocycles. The lowest BCUT2D eigenvalue weighted by molar-refractivity contribution is -0.149. The minimum Gasteiger partial charge on any atom is -0.448 e. The lowest BCUT2D eigenvalue weighted by Crippen LogP contribution is -2.51. The molecular weight excluding hydrogens is 270 g/mol. The SMILES string of the molecule is CC(C)(C)OC(=O)N1C2CCC(C2)C1C(=O)OCCl. The van der Waals surface area contributed by atoms with Gasteiger partial charge < -0.3 is 9.47 Å². The van der Waals surface area contributed by atoms with Crippen LogP contribution >= 0.6 is 11.6 Å². The second-order valence-corrected chi connectivity index (χ2v) is 6.35. The van der Waals surface area contributed by atoms with Gasteiger partial charge in [-0.1, -0.05) is 11.6 Å². The van der Waals surface area contributed by atoms with Gasteiger partial charge in [-0.05, 0) is 46.0 Å². The molecule has 3 atom stereocenters. The first kappa shape index (κ1) is 14.4. The lowest BCUT2D eigenvalue weighted by Gasteiger charge is -2.34. The molecule has 2 rings (SSSR count). The highest BCUT2D eigenvalue weighted by Crippen LogP contribution is 2.43. The smallest absolute Gasteiger partial charge is 0.411 e. The Hall–Kier alpha value is -0.970. The number of piperidine rings is 1. The van der Waals surface area contributed by atoms with Crippen LogP contribution in [0.25, 0.3) is 0 Å². The van der Waals surface area contributed by atoms with Gasteiger partial charge in [-0.25, -0.2) is 9.59 Å². The number of halogens is 1. The van der Waals surface area contributed by atoms with E-state index in [2.05, 4.69) is 0 Å². The number of nitrogens with zero attached hydrogens (tertiary/aromatic N) is 1. The van der Waals surface area contributed by atoms with Crippen LogP contribution in [0.15, 0.2) is 0 Å². The first-order valence-corrected chi connectivity index (χ1v) is 7.11. The minimum atomic E-state index is -0.570. The Balaban J connectivity index is 2.12. The van der Waals surface area contributed by atoms with Crippen LogP contribution in [0.1, 0.15) is 40.0 Å². The van der Waals surface area contributed by atoms with E-state index < -0.39 is 23.7 Å². The van der Waals surface area contributed by atoms with Gasteiger partial charge in [-0.2, -0.15) is 0 Å². The second kappa shape index (κ2) is 5.19. The maximum atomic E-state index is 12.2. The van der Waals surface area contributed by atoms with E-state index >= 15 is 0 Å². The number of alkyl halides is 1. The first-order chi connectivity index (χ1) is 8.83. The van der Waals surface area contributed by atoms with E-state index in [4.69, 9.17) is 21.1 Å². The molecule has 19 heavy (non-hydrogen) atoms. The van der Waals surface area contributed by atoms with Gasteiger partial charge in [0.05, 0.1) is 0 Å². The van der Waals surface area contributed by atoms with Gasteiger partial charge in [0.1, 0.15) is 11.6 Å².